The largest absolute Gasteiger partial charge is 0.497 e. The van der Waals surface area contributed by atoms with Gasteiger partial charge < -0.3 is 19.3 Å². The highest BCUT2D eigenvalue weighted by atomic mass is 16.5. The Morgan fingerprint density at radius 1 is 1.32 bits per heavy atom. The zero-order valence-electron chi connectivity index (χ0n) is 14.5. The molecule has 1 atom stereocenters. The highest BCUT2D eigenvalue weighted by molar-refractivity contribution is 5.73. The maximum atomic E-state index is 11.6. The molecule has 1 amide bonds. The molecule has 0 bridgehead atoms. The average molecular weight is 345 g/mol. The van der Waals surface area contributed by atoms with Gasteiger partial charge in [0.2, 0.25) is 11.8 Å². The van der Waals surface area contributed by atoms with Crippen molar-refractivity contribution in [2.24, 2.45) is 5.92 Å². The molecule has 1 aromatic heterocycles. The number of rotatable bonds is 6. The molecule has 0 spiro atoms. The summed E-state index contributed by atoms with van der Waals surface area (Å²) < 4.78 is 16.0. The number of nitrogens with one attached hydrogen (secondary N) is 1. The van der Waals surface area contributed by atoms with E-state index in [4.69, 9.17) is 14.0 Å². The molecule has 0 aliphatic carbocycles. The number of hydrogen-bond donors (Lipinski definition) is 1. The Bertz CT molecular complexity index is 693. The van der Waals surface area contributed by atoms with E-state index in [1.807, 2.05) is 24.3 Å². The number of nitrogens with zero attached hydrogens (tertiary/aromatic N) is 2. The molecular formula is C18H23N3O4. The number of amides is 1. The van der Waals surface area contributed by atoms with E-state index >= 15 is 0 Å². The quantitative estimate of drug-likeness (QED) is 0.864. The topological polar surface area (TPSA) is 86.5 Å². The molecule has 134 valence electrons. The van der Waals surface area contributed by atoms with E-state index in [2.05, 4.69) is 15.5 Å². The SMILES string of the molecule is COc1ccc(Cc2noc([C@@H](NC(C)=O)C3CCOCC3)n2)cc1. The second kappa shape index (κ2) is 8.11. The summed E-state index contributed by atoms with van der Waals surface area (Å²) in [6.45, 7) is 2.88. The summed E-state index contributed by atoms with van der Waals surface area (Å²) >= 11 is 0. The maximum absolute atomic E-state index is 11.6. The number of hydrogen-bond acceptors (Lipinski definition) is 6. The van der Waals surface area contributed by atoms with Crippen LogP contribution in [0.2, 0.25) is 0 Å². The number of ether oxygens (including phenoxy) is 2. The van der Waals surface area contributed by atoms with E-state index in [0.717, 1.165) is 24.2 Å². The van der Waals surface area contributed by atoms with E-state index in [1.54, 1.807) is 7.11 Å². The van der Waals surface area contributed by atoms with Crippen LogP contribution >= 0.6 is 0 Å². The zero-order valence-corrected chi connectivity index (χ0v) is 14.5. The Labute approximate surface area is 146 Å². The van der Waals surface area contributed by atoms with Gasteiger partial charge in [0, 0.05) is 26.6 Å². The van der Waals surface area contributed by atoms with Gasteiger partial charge in [0.05, 0.1) is 7.11 Å². The summed E-state index contributed by atoms with van der Waals surface area (Å²) in [5.41, 5.74) is 1.07. The fourth-order valence-corrected chi connectivity index (χ4v) is 3.04. The molecule has 7 heteroatoms. The van der Waals surface area contributed by atoms with Gasteiger partial charge in [-0.05, 0) is 36.5 Å². The summed E-state index contributed by atoms with van der Waals surface area (Å²) in [5.74, 6) is 2.01. The molecule has 1 saturated heterocycles. The Balaban J connectivity index is 1.73. The van der Waals surface area contributed by atoms with Crippen LogP contribution in [0.1, 0.15) is 43.1 Å². The molecule has 1 N–H and O–H groups in total. The molecule has 0 radical (unpaired) electrons. The zero-order chi connectivity index (χ0) is 17.6. The van der Waals surface area contributed by atoms with Gasteiger partial charge in [-0.15, -0.1) is 0 Å². The van der Waals surface area contributed by atoms with Crippen LogP contribution in [-0.2, 0) is 16.0 Å². The predicted octanol–water partition coefficient (Wildman–Crippen LogP) is 2.27. The fraction of sp³-hybridized carbons (Fsp3) is 0.500. The summed E-state index contributed by atoms with van der Waals surface area (Å²) in [4.78, 5) is 16.1. The minimum Gasteiger partial charge on any atom is -0.497 e. The number of aromatic nitrogens is 2. The Morgan fingerprint density at radius 2 is 2.04 bits per heavy atom. The second-order valence-corrected chi connectivity index (χ2v) is 6.20. The number of carbonyl (C=O) groups excluding carboxylic acids is 1. The van der Waals surface area contributed by atoms with Crippen LogP contribution < -0.4 is 10.1 Å². The van der Waals surface area contributed by atoms with Crippen LogP contribution in [0, 0.1) is 5.92 Å². The van der Waals surface area contributed by atoms with Crippen LogP contribution in [0.4, 0.5) is 0 Å². The van der Waals surface area contributed by atoms with Crippen molar-refractivity contribution in [1.82, 2.24) is 15.5 Å². The minimum absolute atomic E-state index is 0.105. The molecule has 1 aliphatic rings. The van der Waals surface area contributed by atoms with E-state index in [0.29, 0.717) is 31.3 Å². The third-order valence-electron chi connectivity index (χ3n) is 4.37. The van der Waals surface area contributed by atoms with Crippen molar-refractivity contribution in [3.05, 3.63) is 41.5 Å². The molecule has 1 fully saturated rings. The first kappa shape index (κ1) is 17.4. The average Bonchev–Trinajstić information content (AvgIpc) is 3.09. The molecule has 25 heavy (non-hydrogen) atoms. The molecule has 1 aliphatic heterocycles. The van der Waals surface area contributed by atoms with Gasteiger partial charge in [-0.3, -0.25) is 4.79 Å². The third-order valence-corrected chi connectivity index (χ3v) is 4.37. The Hall–Kier alpha value is -2.41. The summed E-state index contributed by atoms with van der Waals surface area (Å²) in [6, 6.07) is 7.48. The highest BCUT2D eigenvalue weighted by Gasteiger charge is 2.30. The van der Waals surface area contributed by atoms with E-state index in [1.165, 1.54) is 6.92 Å². The predicted molar refractivity (Wildman–Crippen MR) is 90.2 cm³/mol. The summed E-state index contributed by atoms with van der Waals surface area (Å²) in [6.07, 6.45) is 2.29. The Morgan fingerprint density at radius 3 is 2.68 bits per heavy atom. The van der Waals surface area contributed by atoms with Crippen molar-refractivity contribution in [3.8, 4) is 5.75 Å². The van der Waals surface area contributed by atoms with Crippen LogP contribution in [0.15, 0.2) is 28.8 Å². The molecule has 2 heterocycles. The maximum Gasteiger partial charge on any atom is 0.249 e. The lowest BCUT2D eigenvalue weighted by atomic mass is 9.91. The van der Waals surface area contributed by atoms with Crippen LogP contribution in [-0.4, -0.2) is 36.4 Å². The first-order valence-electron chi connectivity index (χ1n) is 8.46. The molecule has 1 aromatic carbocycles. The van der Waals surface area contributed by atoms with Crippen molar-refractivity contribution in [2.45, 2.75) is 32.2 Å². The summed E-state index contributed by atoms with van der Waals surface area (Å²) in [5, 5.41) is 7.03. The minimum atomic E-state index is -0.265. The van der Waals surface area contributed by atoms with Crippen molar-refractivity contribution in [1.29, 1.82) is 0 Å². The summed E-state index contributed by atoms with van der Waals surface area (Å²) in [7, 11) is 1.64. The first-order chi connectivity index (χ1) is 12.2. The van der Waals surface area contributed by atoms with Gasteiger partial charge in [-0.1, -0.05) is 17.3 Å². The molecule has 2 aromatic rings. The molecule has 0 unspecified atom stereocenters. The molecule has 3 rings (SSSR count). The van der Waals surface area contributed by atoms with Gasteiger partial charge >= 0.3 is 0 Å². The van der Waals surface area contributed by atoms with Crippen LogP contribution in [0.5, 0.6) is 5.75 Å². The van der Waals surface area contributed by atoms with Crippen molar-refractivity contribution < 1.29 is 18.8 Å². The Kier molecular flexibility index (Phi) is 5.65. The molecule has 0 saturated carbocycles. The monoisotopic (exact) mass is 345 g/mol. The van der Waals surface area contributed by atoms with Gasteiger partial charge in [0.15, 0.2) is 5.82 Å². The van der Waals surface area contributed by atoms with Gasteiger partial charge in [0.25, 0.3) is 0 Å². The van der Waals surface area contributed by atoms with Crippen molar-refractivity contribution >= 4 is 5.91 Å². The van der Waals surface area contributed by atoms with Gasteiger partial charge in [-0.25, -0.2) is 0 Å². The first-order valence-corrected chi connectivity index (χ1v) is 8.46. The van der Waals surface area contributed by atoms with E-state index < -0.39 is 0 Å². The van der Waals surface area contributed by atoms with Crippen molar-refractivity contribution in [2.75, 3.05) is 20.3 Å². The highest BCUT2D eigenvalue weighted by Crippen LogP contribution is 2.29. The smallest absolute Gasteiger partial charge is 0.249 e. The van der Waals surface area contributed by atoms with Gasteiger partial charge in [-0.2, -0.15) is 4.98 Å². The van der Waals surface area contributed by atoms with E-state index in [9.17, 15) is 4.79 Å². The normalized spacial score (nSPS) is 16.4. The standard InChI is InChI=1S/C18H23N3O4/c1-12(22)19-17(14-7-9-24-10-8-14)18-20-16(21-25-18)11-13-3-5-15(23-2)6-4-13/h3-6,14,17H,7-11H2,1-2H3,(H,19,22)/t17-/m0/s1. The third kappa shape index (κ3) is 4.57. The second-order valence-electron chi connectivity index (χ2n) is 6.20. The lowest BCUT2D eigenvalue weighted by Crippen LogP contribution is -2.35. The lowest BCUT2D eigenvalue weighted by Gasteiger charge is -2.28. The number of methoxy groups -OCH3 is 1. The van der Waals surface area contributed by atoms with Crippen LogP contribution in [0.25, 0.3) is 0 Å². The number of benzene rings is 1. The van der Waals surface area contributed by atoms with Crippen LogP contribution in [0.3, 0.4) is 0 Å². The number of carbonyl (C=O) groups is 1. The fourth-order valence-electron chi connectivity index (χ4n) is 3.04. The lowest BCUT2D eigenvalue weighted by molar-refractivity contribution is -0.120. The molecule has 7 nitrogen and oxygen atoms in total. The molecular weight excluding hydrogens is 322 g/mol. The van der Waals surface area contributed by atoms with Crippen molar-refractivity contribution in [3.63, 3.8) is 0 Å². The van der Waals surface area contributed by atoms with Gasteiger partial charge in [0.1, 0.15) is 11.8 Å². The van der Waals surface area contributed by atoms with E-state index in [-0.39, 0.29) is 17.9 Å².